The molecule has 2 aromatic rings. The third-order valence-corrected chi connectivity index (χ3v) is 3.82. The van der Waals surface area contributed by atoms with Crippen molar-refractivity contribution in [3.63, 3.8) is 0 Å². The number of hydrogen-bond donors (Lipinski definition) is 1. The fraction of sp³-hybridized carbons (Fsp3) is 0.467. The highest BCUT2D eigenvalue weighted by molar-refractivity contribution is 5.14. The van der Waals surface area contributed by atoms with E-state index >= 15 is 0 Å². The zero-order valence-electron chi connectivity index (χ0n) is 11.3. The summed E-state index contributed by atoms with van der Waals surface area (Å²) in [6.45, 7) is 3.13. The molecule has 1 fully saturated rings. The molecule has 0 bridgehead atoms. The standard InChI is InChI=1S/C15H20N4/c1-12-3-2-4-14(18-12)15-9-17-11-19(15)10-13-5-7-16-8-6-13/h5-9,11-12,14,18H,2-4,10H2,1H3. The van der Waals surface area contributed by atoms with E-state index in [4.69, 9.17) is 0 Å². The van der Waals surface area contributed by atoms with E-state index in [1.807, 2.05) is 24.9 Å². The van der Waals surface area contributed by atoms with Gasteiger partial charge in [0.1, 0.15) is 0 Å². The Morgan fingerprint density at radius 1 is 1.26 bits per heavy atom. The predicted octanol–water partition coefficient (Wildman–Crippen LogP) is 2.53. The van der Waals surface area contributed by atoms with Crippen LogP contribution in [0.25, 0.3) is 0 Å². The van der Waals surface area contributed by atoms with E-state index in [1.165, 1.54) is 30.5 Å². The van der Waals surface area contributed by atoms with Gasteiger partial charge >= 0.3 is 0 Å². The number of piperidine rings is 1. The van der Waals surface area contributed by atoms with Gasteiger partial charge in [-0.15, -0.1) is 0 Å². The third-order valence-electron chi connectivity index (χ3n) is 3.82. The molecular weight excluding hydrogens is 236 g/mol. The third kappa shape index (κ3) is 2.84. The monoisotopic (exact) mass is 256 g/mol. The molecule has 3 rings (SSSR count). The number of nitrogens with zero attached hydrogens (tertiary/aromatic N) is 3. The predicted molar refractivity (Wildman–Crippen MR) is 74.8 cm³/mol. The number of hydrogen-bond acceptors (Lipinski definition) is 3. The molecule has 2 aromatic heterocycles. The molecule has 0 aromatic carbocycles. The minimum atomic E-state index is 0.438. The minimum absolute atomic E-state index is 0.438. The van der Waals surface area contributed by atoms with Gasteiger partial charge in [-0.25, -0.2) is 4.98 Å². The van der Waals surface area contributed by atoms with E-state index in [0.717, 1.165) is 6.54 Å². The normalized spacial score (nSPS) is 23.4. The summed E-state index contributed by atoms with van der Waals surface area (Å²) < 4.78 is 2.24. The molecule has 1 aliphatic heterocycles. The molecule has 4 nitrogen and oxygen atoms in total. The molecule has 4 heteroatoms. The number of nitrogens with one attached hydrogen (secondary N) is 1. The van der Waals surface area contributed by atoms with Gasteiger partial charge in [0, 0.05) is 37.2 Å². The molecule has 100 valence electrons. The second kappa shape index (κ2) is 5.53. The van der Waals surface area contributed by atoms with Gasteiger partial charge in [-0.05, 0) is 43.9 Å². The van der Waals surface area contributed by atoms with E-state index in [-0.39, 0.29) is 0 Å². The summed E-state index contributed by atoms with van der Waals surface area (Å²) in [5, 5.41) is 3.67. The summed E-state index contributed by atoms with van der Waals surface area (Å²) in [6.07, 6.45) is 11.4. The van der Waals surface area contributed by atoms with Gasteiger partial charge in [-0.1, -0.05) is 0 Å². The molecule has 0 radical (unpaired) electrons. The van der Waals surface area contributed by atoms with Gasteiger partial charge < -0.3 is 9.88 Å². The van der Waals surface area contributed by atoms with Crippen LogP contribution in [0.3, 0.4) is 0 Å². The molecule has 1 aliphatic rings. The molecule has 1 saturated heterocycles. The van der Waals surface area contributed by atoms with Crippen molar-refractivity contribution in [2.45, 2.75) is 44.8 Å². The molecule has 2 atom stereocenters. The second-order valence-electron chi connectivity index (χ2n) is 5.35. The molecule has 0 saturated carbocycles. The summed E-state index contributed by atoms with van der Waals surface area (Å²) in [6, 6.07) is 5.15. The lowest BCUT2D eigenvalue weighted by Gasteiger charge is -2.29. The molecule has 3 heterocycles. The fourth-order valence-electron chi connectivity index (χ4n) is 2.81. The Morgan fingerprint density at radius 3 is 2.89 bits per heavy atom. The molecule has 19 heavy (non-hydrogen) atoms. The van der Waals surface area contributed by atoms with Gasteiger partial charge in [-0.2, -0.15) is 0 Å². The molecule has 0 aliphatic carbocycles. The van der Waals surface area contributed by atoms with Crippen LogP contribution in [0.5, 0.6) is 0 Å². The van der Waals surface area contributed by atoms with E-state index in [9.17, 15) is 0 Å². The van der Waals surface area contributed by atoms with Crippen LogP contribution in [0.15, 0.2) is 37.1 Å². The van der Waals surface area contributed by atoms with Crippen molar-refractivity contribution in [2.75, 3.05) is 0 Å². The average Bonchev–Trinajstić information content (AvgIpc) is 2.88. The lowest BCUT2D eigenvalue weighted by Crippen LogP contribution is -2.35. The summed E-state index contributed by atoms with van der Waals surface area (Å²) in [4.78, 5) is 8.39. The highest BCUT2D eigenvalue weighted by Gasteiger charge is 2.22. The van der Waals surface area contributed by atoms with Crippen LogP contribution >= 0.6 is 0 Å². The molecule has 2 unspecified atom stereocenters. The number of aromatic nitrogens is 3. The van der Waals surface area contributed by atoms with E-state index in [2.05, 4.69) is 38.9 Å². The maximum atomic E-state index is 4.33. The van der Waals surface area contributed by atoms with E-state index in [0.29, 0.717) is 12.1 Å². The van der Waals surface area contributed by atoms with Crippen molar-refractivity contribution < 1.29 is 0 Å². The molecule has 1 N–H and O–H groups in total. The average molecular weight is 256 g/mol. The van der Waals surface area contributed by atoms with Gasteiger partial charge in [0.05, 0.1) is 12.0 Å². The number of imidazole rings is 1. The van der Waals surface area contributed by atoms with Crippen LogP contribution in [0.4, 0.5) is 0 Å². The maximum Gasteiger partial charge on any atom is 0.0951 e. The molecular formula is C15H20N4. The van der Waals surface area contributed by atoms with Gasteiger partial charge in [0.25, 0.3) is 0 Å². The Labute approximate surface area is 113 Å². The van der Waals surface area contributed by atoms with Crippen LogP contribution in [-0.2, 0) is 6.54 Å². The smallest absolute Gasteiger partial charge is 0.0951 e. The molecule has 0 amide bonds. The van der Waals surface area contributed by atoms with Crippen LogP contribution in [0.2, 0.25) is 0 Å². The van der Waals surface area contributed by atoms with Crippen LogP contribution < -0.4 is 5.32 Å². The lowest BCUT2D eigenvalue weighted by atomic mass is 9.97. The summed E-state index contributed by atoms with van der Waals surface area (Å²) in [7, 11) is 0. The van der Waals surface area contributed by atoms with Gasteiger partial charge in [-0.3, -0.25) is 4.98 Å². The highest BCUT2D eigenvalue weighted by Crippen LogP contribution is 2.25. The first-order valence-electron chi connectivity index (χ1n) is 6.98. The lowest BCUT2D eigenvalue weighted by molar-refractivity contribution is 0.330. The zero-order chi connectivity index (χ0) is 13.1. The highest BCUT2D eigenvalue weighted by atomic mass is 15.1. The van der Waals surface area contributed by atoms with Crippen LogP contribution in [0.1, 0.15) is 43.5 Å². The minimum Gasteiger partial charge on any atom is -0.329 e. The number of pyridine rings is 1. The van der Waals surface area contributed by atoms with Crippen molar-refractivity contribution in [3.8, 4) is 0 Å². The van der Waals surface area contributed by atoms with E-state index < -0.39 is 0 Å². The van der Waals surface area contributed by atoms with Gasteiger partial charge in [0.2, 0.25) is 0 Å². The summed E-state index contributed by atoms with van der Waals surface area (Å²) in [5.41, 5.74) is 2.56. The van der Waals surface area contributed by atoms with E-state index in [1.54, 1.807) is 0 Å². The summed E-state index contributed by atoms with van der Waals surface area (Å²) >= 11 is 0. The quantitative estimate of drug-likeness (QED) is 0.917. The second-order valence-corrected chi connectivity index (χ2v) is 5.35. The largest absolute Gasteiger partial charge is 0.329 e. The Balaban J connectivity index is 1.78. The SMILES string of the molecule is CC1CCCC(c2cncn2Cc2ccncc2)N1. The van der Waals surface area contributed by atoms with Crippen molar-refractivity contribution in [1.29, 1.82) is 0 Å². The van der Waals surface area contributed by atoms with Crippen LogP contribution in [-0.4, -0.2) is 20.6 Å². The van der Waals surface area contributed by atoms with Gasteiger partial charge in [0.15, 0.2) is 0 Å². The first kappa shape index (κ1) is 12.4. The van der Waals surface area contributed by atoms with Crippen molar-refractivity contribution in [1.82, 2.24) is 19.9 Å². The zero-order valence-corrected chi connectivity index (χ0v) is 11.3. The summed E-state index contributed by atoms with van der Waals surface area (Å²) in [5.74, 6) is 0. The Bertz CT molecular complexity index is 520. The first-order chi connectivity index (χ1) is 9.33. The first-order valence-corrected chi connectivity index (χ1v) is 6.98. The van der Waals surface area contributed by atoms with Crippen molar-refractivity contribution in [3.05, 3.63) is 48.3 Å². The van der Waals surface area contributed by atoms with Crippen LogP contribution in [0, 0.1) is 0 Å². The maximum absolute atomic E-state index is 4.33. The number of rotatable bonds is 3. The van der Waals surface area contributed by atoms with Crippen molar-refractivity contribution >= 4 is 0 Å². The Morgan fingerprint density at radius 2 is 2.11 bits per heavy atom. The molecule has 0 spiro atoms. The van der Waals surface area contributed by atoms with Crippen molar-refractivity contribution in [2.24, 2.45) is 0 Å². The Kier molecular flexibility index (Phi) is 3.60. The fourth-order valence-corrected chi connectivity index (χ4v) is 2.81. The Hall–Kier alpha value is -1.68. The topological polar surface area (TPSA) is 42.7 Å².